The molecule has 1 aliphatic rings. The van der Waals surface area contributed by atoms with E-state index in [1.165, 1.54) is 0 Å². The minimum absolute atomic E-state index is 0.0507. The van der Waals surface area contributed by atoms with Crippen LogP contribution in [-0.4, -0.2) is 22.5 Å². The zero-order valence-electron chi connectivity index (χ0n) is 17.9. The molecule has 1 aliphatic heterocycles. The van der Waals surface area contributed by atoms with Gasteiger partial charge in [0.1, 0.15) is 5.75 Å². The lowest BCUT2D eigenvalue weighted by atomic mass is 10.1. The Morgan fingerprint density at radius 3 is 2.45 bits per heavy atom. The maximum absolute atomic E-state index is 12.9. The molecule has 0 aliphatic carbocycles. The fraction of sp³-hybridized carbons (Fsp3) is 0.280. The second-order valence-corrected chi connectivity index (χ2v) is 7.93. The SMILES string of the molecule is CC(C)Oc1ccc(CNC(=O)CCC(=O)N2Cc3cccn3-c3ccccc32)cc1. The Morgan fingerprint density at radius 2 is 1.71 bits per heavy atom. The quantitative estimate of drug-likeness (QED) is 0.626. The third-order valence-electron chi connectivity index (χ3n) is 5.24. The first-order valence-corrected chi connectivity index (χ1v) is 10.6. The lowest BCUT2D eigenvalue weighted by Gasteiger charge is -2.31. The standard InChI is InChI=1S/C25H27N3O3/c1-18(2)31-21-11-9-19(10-12-21)16-26-24(29)13-14-25(30)28-17-20-6-5-15-27(20)22-7-3-4-8-23(22)28/h3-12,15,18H,13-14,16-17H2,1-2H3,(H,26,29). The van der Waals surface area contributed by atoms with Gasteiger partial charge < -0.3 is 19.5 Å². The average molecular weight is 418 g/mol. The fourth-order valence-electron chi connectivity index (χ4n) is 3.75. The molecule has 1 aromatic heterocycles. The summed E-state index contributed by atoms with van der Waals surface area (Å²) in [6.07, 6.45) is 2.46. The van der Waals surface area contributed by atoms with Crippen LogP contribution in [0.25, 0.3) is 5.69 Å². The lowest BCUT2D eigenvalue weighted by molar-refractivity contribution is -0.125. The van der Waals surface area contributed by atoms with Crippen molar-refractivity contribution in [3.05, 3.63) is 78.1 Å². The van der Waals surface area contributed by atoms with Crippen LogP contribution in [0.1, 0.15) is 37.9 Å². The first kappa shape index (κ1) is 20.7. The van der Waals surface area contributed by atoms with Crippen LogP contribution in [0.5, 0.6) is 5.75 Å². The number of hydrogen-bond acceptors (Lipinski definition) is 3. The molecule has 3 aromatic rings. The molecular formula is C25H27N3O3. The Hall–Kier alpha value is -3.54. The number of carbonyl (C=O) groups excluding carboxylic acids is 2. The lowest BCUT2D eigenvalue weighted by Crippen LogP contribution is -2.35. The van der Waals surface area contributed by atoms with Crippen molar-refractivity contribution in [2.24, 2.45) is 0 Å². The largest absolute Gasteiger partial charge is 0.491 e. The highest BCUT2D eigenvalue weighted by Gasteiger charge is 2.25. The predicted octanol–water partition coefficient (Wildman–Crippen LogP) is 4.21. The summed E-state index contributed by atoms with van der Waals surface area (Å²) in [4.78, 5) is 27.0. The van der Waals surface area contributed by atoms with Gasteiger partial charge in [-0.25, -0.2) is 0 Å². The van der Waals surface area contributed by atoms with Gasteiger partial charge in [-0.2, -0.15) is 0 Å². The summed E-state index contributed by atoms with van der Waals surface area (Å²) in [6.45, 7) is 4.90. The minimum atomic E-state index is -0.135. The summed E-state index contributed by atoms with van der Waals surface area (Å²) >= 11 is 0. The van der Waals surface area contributed by atoms with E-state index in [0.717, 1.165) is 28.4 Å². The number of nitrogens with one attached hydrogen (secondary N) is 1. The number of para-hydroxylation sites is 2. The zero-order chi connectivity index (χ0) is 21.8. The summed E-state index contributed by atoms with van der Waals surface area (Å²) in [5, 5.41) is 2.89. The van der Waals surface area contributed by atoms with Crippen LogP contribution in [-0.2, 0) is 22.7 Å². The van der Waals surface area contributed by atoms with Crippen molar-refractivity contribution in [3.8, 4) is 11.4 Å². The van der Waals surface area contributed by atoms with E-state index in [9.17, 15) is 9.59 Å². The van der Waals surface area contributed by atoms with E-state index in [1.807, 2.05) is 80.7 Å². The van der Waals surface area contributed by atoms with E-state index < -0.39 is 0 Å². The third kappa shape index (κ3) is 4.79. The van der Waals surface area contributed by atoms with Gasteiger partial charge in [-0.1, -0.05) is 24.3 Å². The predicted molar refractivity (Wildman–Crippen MR) is 120 cm³/mol. The molecule has 0 radical (unpaired) electrons. The Morgan fingerprint density at radius 1 is 0.968 bits per heavy atom. The van der Waals surface area contributed by atoms with Crippen LogP contribution >= 0.6 is 0 Å². The molecule has 0 spiro atoms. The Bertz CT molecular complexity index is 1070. The molecule has 6 heteroatoms. The first-order valence-electron chi connectivity index (χ1n) is 10.6. The van der Waals surface area contributed by atoms with Crippen molar-refractivity contribution in [2.75, 3.05) is 4.90 Å². The zero-order valence-corrected chi connectivity index (χ0v) is 17.9. The van der Waals surface area contributed by atoms with E-state index in [1.54, 1.807) is 4.90 Å². The minimum Gasteiger partial charge on any atom is -0.491 e. The first-order chi connectivity index (χ1) is 15.0. The van der Waals surface area contributed by atoms with Gasteiger partial charge >= 0.3 is 0 Å². The van der Waals surface area contributed by atoms with E-state index in [4.69, 9.17) is 4.74 Å². The van der Waals surface area contributed by atoms with Gasteiger partial charge in [0.05, 0.1) is 24.0 Å². The molecule has 31 heavy (non-hydrogen) atoms. The Balaban J connectivity index is 1.30. The van der Waals surface area contributed by atoms with Gasteiger partial charge in [0.15, 0.2) is 0 Å². The highest BCUT2D eigenvalue weighted by atomic mass is 16.5. The molecule has 6 nitrogen and oxygen atoms in total. The molecule has 2 amide bonds. The summed E-state index contributed by atoms with van der Waals surface area (Å²) in [6, 6.07) is 19.5. The number of hydrogen-bond donors (Lipinski definition) is 1. The van der Waals surface area contributed by atoms with Crippen LogP contribution in [0.2, 0.25) is 0 Å². The summed E-state index contributed by atoms with van der Waals surface area (Å²) in [7, 11) is 0. The monoisotopic (exact) mass is 417 g/mol. The molecule has 4 rings (SSSR count). The molecule has 0 saturated carbocycles. The number of anilines is 1. The molecule has 0 atom stereocenters. The number of fused-ring (bicyclic) bond motifs is 3. The normalized spacial score (nSPS) is 12.3. The van der Waals surface area contributed by atoms with Crippen molar-refractivity contribution in [3.63, 3.8) is 0 Å². The van der Waals surface area contributed by atoms with Crippen molar-refractivity contribution in [1.82, 2.24) is 9.88 Å². The number of amides is 2. The molecule has 0 unspecified atom stereocenters. The smallest absolute Gasteiger partial charge is 0.227 e. The van der Waals surface area contributed by atoms with Crippen LogP contribution in [0.15, 0.2) is 66.9 Å². The van der Waals surface area contributed by atoms with Gasteiger partial charge in [-0.05, 0) is 55.8 Å². The van der Waals surface area contributed by atoms with Crippen LogP contribution in [0, 0.1) is 0 Å². The van der Waals surface area contributed by atoms with E-state index >= 15 is 0 Å². The van der Waals surface area contributed by atoms with Crippen molar-refractivity contribution >= 4 is 17.5 Å². The second kappa shape index (κ2) is 9.08. The highest BCUT2D eigenvalue weighted by molar-refractivity contribution is 5.97. The Labute approximate surface area is 182 Å². The van der Waals surface area contributed by atoms with Gasteiger partial charge in [0.25, 0.3) is 0 Å². The molecule has 1 N–H and O–H groups in total. The fourth-order valence-corrected chi connectivity index (χ4v) is 3.75. The highest BCUT2D eigenvalue weighted by Crippen LogP contribution is 2.32. The maximum atomic E-state index is 12.9. The Kier molecular flexibility index (Phi) is 6.07. The number of carbonyl (C=O) groups is 2. The second-order valence-electron chi connectivity index (χ2n) is 7.93. The van der Waals surface area contributed by atoms with Crippen molar-refractivity contribution in [1.29, 1.82) is 0 Å². The van der Waals surface area contributed by atoms with Gasteiger partial charge in [-0.3, -0.25) is 9.59 Å². The van der Waals surface area contributed by atoms with Gasteiger partial charge in [0, 0.05) is 31.3 Å². The summed E-state index contributed by atoms with van der Waals surface area (Å²) < 4.78 is 7.73. The summed E-state index contributed by atoms with van der Waals surface area (Å²) in [5.74, 6) is 0.624. The molecule has 2 aromatic carbocycles. The number of rotatable bonds is 7. The number of benzene rings is 2. The summed E-state index contributed by atoms with van der Waals surface area (Å²) in [5.41, 5.74) is 3.90. The van der Waals surface area contributed by atoms with E-state index in [-0.39, 0.29) is 30.8 Å². The van der Waals surface area contributed by atoms with Crippen LogP contribution < -0.4 is 15.0 Å². The molecular weight excluding hydrogens is 390 g/mol. The maximum Gasteiger partial charge on any atom is 0.227 e. The molecule has 0 bridgehead atoms. The van der Waals surface area contributed by atoms with E-state index in [2.05, 4.69) is 9.88 Å². The van der Waals surface area contributed by atoms with Crippen molar-refractivity contribution < 1.29 is 14.3 Å². The molecule has 2 heterocycles. The van der Waals surface area contributed by atoms with Crippen LogP contribution in [0.4, 0.5) is 5.69 Å². The topological polar surface area (TPSA) is 63.6 Å². The number of aromatic nitrogens is 1. The number of ether oxygens (including phenoxy) is 1. The van der Waals surface area contributed by atoms with Gasteiger partial charge in [-0.15, -0.1) is 0 Å². The van der Waals surface area contributed by atoms with E-state index in [0.29, 0.717) is 13.1 Å². The van der Waals surface area contributed by atoms with Gasteiger partial charge in [0.2, 0.25) is 11.8 Å². The third-order valence-corrected chi connectivity index (χ3v) is 5.24. The average Bonchev–Trinajstić information content (AvgIpc) is 3.25. The molecule has 160 valence electrons. The molecule has 0 saturated heterocycles. The number of nitrogens with zero attached hydrogens (tertiary/aromatic N) is 2. The van der Waals surface area contributed by atoms with Crippen LogP contribution in [0.3, 0.4) is 0 Å². The van der Waals surface area contributed by atoms with Crippen molar-refractivity contribution in [2.45, 2.75) is 45.9 Å². The molecule has 0 fully saturated rings.